The summed E-state index contributed by atoms with van der Waals surface area (Å²) in [5.41, 5.74) is 0.932. The largest absolute Gasteiger partial charge is 0.293 e. The van der Waals surface area contributed by atoms with Crippen molar-refractivity contribution in [2.75, 3.05) is 11.5 Å². The molecule has 1 aromatic rings. The maximum absolute atomic E-state index is 11.8. The summed E-state index contributed by atoms with van der Waals surface area (Å²) in [6.45, 7) is 6.26. The number of rotatable bonds is 6. The molecule has 84 valence electrons. The molecule has 0 aromatic carbocycles. The van der Waals surface area contributed by atoms with Gasteiger partial charge in [0, 0.05) is 15.3 Å². The number of thiophene rings is 1. The van der Waals surface area contributed by atoms with Crippen LogP contribution in [0, 0.1) is 13.8 Å². The molecule has 0 amide bonds. The highest BCUT2D eigenvalue weighted by Crippen LogP contribution is 2.22. The van der Waals surface area contributed by atoms with Crippen LogP contribution in [-0.2, 0) is 0 Å². The summed E-state index contributed by atoms with van der Waals surface area (Å²) in [7, 11) is 0. The molecule has 0 fully saturated rings. The van der Waals surface area contributed by atoms with E-state index in [1.165, 1.54) is 17.7 Å². The van der Waals surface area contributed by atoms with Crippen LogP contribution in [0.4, 0.5) is 0 Å². The number of hydrogen-bond donors (Lipinski definition) is 0. The average Bonchev–Trinajstić information content (AvgIpc) is 2.52. The van der Waals surface area contributed by atoms with Gasteiger partial charge in [0.05, 0.1) is 5.75 Å². The third-order valence-electron chi connectivity index (χ3n) is 2.22. The van der Waals surface area contributed by atoms with Gasteiger partial charge in [-0.3, -0.25) is 4.79 Å². The Labute approximate surface area is 100 Å². The lowest BCUT2D eigenvalue weighted by Gasteiger charge is -1.99. The van der Waals surface area contributed by atoms with Crippen molar-refractivity contribution in [3.63, 3.8) is 0 Å². The molecule has 0 saturated carbocycles. The molecule has 1 aromatic heterocycles. The predicted octanol–water partition coefficient (Wildman–Crippen LogP) is 4.08. The zero-order valence-corrected chi connectivity index (χ0v) is 11.3. The van der Waals surface area contributed by atoms with E-state index in [9.17, 15) is 4.79 Å². The highest BCUT2D eigenvalue weighted by molar-refractivity contribution is 7.99. The standard InChI is InChI=1S/C12H18OS2/c1-4-5-6-14-8-12(13)11-7-9(2)15-10(11)3/h7H,4-6,8H2,1-3H3. The van der Waals surface area contributed by atoms with Crippen molar-refractivity contribution in [2.45, 2.75) is 33.6 Å². The molecule has 0 bridgehead atoms. The third-order valence-corrected chi connectivity index (χ3v) is 4.23. The highest BCUT2D eigenvalue weighted by Gasteiger charge is 2.11. The first-order valence-electron chi connectivity index (χ1n) is 5.33. The Morgan fingerprint density at radius 2 is 2.20 bits per heavy atom. The van der Waals surface area contributed by atoms with Gasteiger partial charge >= 0.3 is 0 Å². The summed E-state index contributed by atoms with van der Waals surface area (Å²) in [4.78, 5) is 14.2. The van der Waals surface area contributed by atoms with Gasteiger partial charge < -0.3 is 0 Å². The maximum atomic E-state index is 11.8. The summed E-state index contributed by atoms with van der Waals surface area (Å²) in [5, 5.41) is 0. The predicted molar refractivity (Wildman–Crippen MR) is 70.4 cm³/mol. The number of thioether (sulfide) groups is 1. The molecule has 1 nitrogen and oxygen atoms in total. The fourth-order valence-corrected chi connectivity index (χ4v) is 3.32. The minimum atomic E-state index is 0.290. The second kappa shape index (κ2) is 6.33. The zero-order chi connectivity index (χ0) is 11.3. The second-order valence-electron chi connectivity index (χ2n) is 3.66. The van der Waals surface area contributed by atoms with Crippen LogP contribution in [0.25, 0.3) is 0 Å². The Morgan fingerprint density at radius 3 is 2.73 bits per heavy atom. The van der Waals surface area contributed by atoms with E-state index < -0.39 is 0 Å². The Hall–Kier alpha value is -0.280. The van der Waals surface area contributed by atoms with Crippen LogP contribution in [0.15, 0.2) is 6.07 Å². The lowest BCUT2D eigenvalue weighted by Crippen LogP contribution is -2.02. The van der Waals surface area contributed by atoms with Crippen molar-refractivity contribution in [1.82, 2.24) is 0 Å². The molecule has 0 aliphatic heterocycles. The van der Waals surface area contributed by atoms with Gasteiger partial charge in [-0.1, -0.05) is 13.3 Å². The molecule has 0 unspecified atom stereocenters. The molecule has 0 spiro atoms. The normalized spacial score (nSPS) is 10.6. The van der Waals surface area contributed by atoms with E-state index in [1.54, 1.807) is 23.1 Å². The van der Waals surface area contributed by atoms with Gasteiger partial charge in [0.25, 0.3) is 0 Å². The summed E-state index contributed by atoms with van der Waals surface area (Å²) >= 11 is 3.46. The Kier molecular flexibility index (Phi) is 5.40. The number of hydrogen-bond acceptors (Lipinski definition) is 3. The molecule has 0 atom stereocenters. The van der Waals surface area contributed by atoms with Crippen molar-refractivity contribution in [1.29, 1.82) is 0 Å². The fourth-order valence-electron chi connectivity index (χ4n) is 1.40. The van der Waals surface area contributed by atoms with Crippen molar-refractivity contribution >= 4 is 28.9 Å². The van der Waals surface area contributed by atoms with Crippen LogP contribution in [0.5, 0.6) is 0 Å². The molecule has 0 aliphatic rings. The highest BCUT2D eigenvalue weighted by atomic mass is 32.2. The molecular weight excluding hydrogens is 224 g/mol. The number of ketones is 1. The monoisotopic (exact) mass is 242 g/mol. The van der Waals surface area contributed by atoms with E-state index in [1.807, 2.05) is 13.0 Å². The van der Waals surface area contributed by atoms with Crippen LogP contribution in [0.1, 0.15) is 39.9 Å². The lowest BCUT2D eigenvalue weighted by molar-refractivity contribution is 0.102. The van der Waals surface area contributed by atoms with Crippen LogP contribution in [-0.4, -0.2) is 17.3 Å². The molecular formula is C12H18OS2. The van der Waals surface area contributed by atoms with Crippen molar-refractivity contribution in [3.8, 4) is 0 Å². The quantitative estimate of drug-likeness (QED) is 0.552. The SMILES string of the molecule is CCCCSCC(=O)c1cc(C)sc1C. The van der Waals surface area contributed by atoms with Gasteiger partial charge in [-0.2, -0.15) is 11.8 Å². The molecule has 1 heterocycles. The molecule has 0 aliphatic carbocycles. The maximum Gasteiger partial charge on any atom is 0.173 e. The van der Waals surface area contributed by atoms with Crippen LogP contribution >= 0.6 is 23.1 Å². The van der Waals surface area contributed by atoms with E-state index in [-0.39, 0.29) is 5.78 Å². The van der Waals surface area contributed by atoms with Gasteiger partial charge in [0.1, 0.15) is 0 Å². The average molecular weight is 242 g/mol. The van der Waals surface area contributed by atoms with Gasteiger partial charge in [0.15, 0.2) is 5.78 Å². The van der Waals surface area contributed by atoms with E-state index >= 15 is 0 Å². The number of aryl methyl sites for hydroxylation is 2. The Bertz CT molecular complexity index is 328. The minimum Gasteiger partial charge on any atom is -0.293 e. The van der Waals surface area contributed by atoms with Gasteiger partial charge in [0.2, 0.25) is 0 Å². The fraction of sp³-hybridized carbons (Fsp3) is 0.583. The molecule has 3 heteroatoms. The molecule has 15 heavy (non-hydrogen) atoms. The Morgan fingerprint density at radius 1 is 1.47 bits per heavy atom. The molecule has 0 N–H and O–H groups in total. The van der Waals surface area contributed by atoms with E-state index in [2.05, 4.69) is 13.8 Å². The zero-order valence-electron chi connectivity index (χ0n) is 9.63. The molecule has 0 saturated heterocycles. The second-order valence-corrected chi connectivity index (χ2v) is 6.22. The van der Waals surface area contributed by atoms with Crippen LogP contribution in [0.2, 0.25) is 0 Å². The van der Waals surface area contributed by atoms with Gasteiger partial charge in [-0.05, 0) is 32.1 Å². The van der Waals surface area contributed by atoms with Crippen molar-refractivity contribution in [3.05, 3.63) is 21.4 Å². The Balaban J connectivity index is 2.43. The molecule has 1 rings (SSSR count). The molecule has 0 radical (unpaired) electrons. The van der Waals surface area contributed by atoms with E-state index in [0.717, 1.165) is 16.2 Å². The topological polar surface area (TPSA) is 17.1 Å². The van der Waals surface area contributed by atoms with Gasteiger partial charge in [-0.25, -0.2) is 0 Å². The van der Waals surface area contributed by atoms with E-state index in [0.29, 0.717) is 5.75 Å². The lowest BCUT2D eigenvalue weighted by atomic mass is 10.2. The summed E-state index contributed by atoms with van der Waals surface area (Å²) < 4.78 is 0. The minimum absolute atomic E-state index is 0.290. The summed E-state index contributed by atoms with van der Waals surface area (Å²) in [5.74, 6) is 2.03. The van der Waals surface area contributed by atoms with Gasteiger partial charge in [-0.15, -0.1) is 11.3 Å². The first-order chi connectivity index (χ1) is 7.15. The third kappa shape index (κ3) is 3.99. The first kappa shape index (κ1) is 12.8. The van der Waals surface area contributed by atoms with Crippen LogP contribution in [0.3, 0.4) is 0 Å². The van der Waals surface area contributed by atoms with Crippen molar-refractivity contribution in [2.24, 2.45) is 0 Å². The van der Waals surface area contributed by atoms with Crippen molar-refractivity contribution < 1.29 is 4.79 Å². The summed E-state index contributed by atoms with van der Waals surface area (Å²) in [6.07, 6.45) is 2.41. The van der Waals surface area contributed by atoms with Crippen LogP contribution < -0.4 is 0 Å². The van der Waals surface area contributed by atoms with E-state index in [4.69, 9.17) is 0 Å². The summed E-state index contributed by atoms with van der Waals surface area (Å²) in [6, 6.07) is 2.02. The smallest absolute Gasteiger partial charge is 0.173 e. The number of carbonyl (C=O) groups excluding carboxylic acids is 1. The number of unbranched alkanes of at least 4 members (excludes halogenated alkanes) is 1. The number of Topliss-reactive ketones (excluding diaryl/α,β-unsaturated/α-hetero) is 1. The first-order valence-corrected chi connectivity index (χ1v) is 7.30. The number of carbonyl (C=O) groups is 1.